The molecule has 1 amide bonds. The summed E-state index contributed by atoms with van der Waals surface area (Å²) in [6.07, 6.45) is -8.92. The fourth-order valence-electron chi connectivity index (χ4n) is 2.86. The lowest BCUT2D eigenvalue weighted by Gasteiger charge is -2.19. The van der Waals surface area contributed by atoms with E-state index in [0.29, 0.717) is 0 Å². The number of halogens is 6. The molecule has 1 aliphatic rings. The van der Waals surface area contributed by atoms with Gasteiger partial charge < -0.3 is 14.4 Å². The lowest BCUT2D eigenvalue weighted by Crippen LogP contribution is -2.32. The molecule has 1 fully saturated rings. The number of likely N-dealkylation sites (tertiary alicyclic amines) is 1. The minimum atomic E-state index is -4.96. The Bertz CT molecular complexity index is 884. The Balaban J connectivity index is 1.68. The third-order valence-electron chi connectivity index (χ3n) is 4.12. The van der Waals surface area contributed by atoms with Crippen molar-refractivity contribution < 1.29 is 40.6 Å². The molecule has 0 saturated carbocycles. The number of para-hydroxylation sites is 1. The van der Waals surface area contributed by atoms with Gasteiger partial charge in [0.25, 0.3) is 5.91 Å². The van der Waals surface area contributed by atoms with Crippen LogP contribution >= 0.6 is 0 Å². The molecule has 1 saturated heterocycles. The zero-order valence-corrected chi connectivity index (χ0v) is 14.6. The number of hydrogen-bond donors (Lipinski definition) is 0. The Morgan fingerprint density at radius 2 is 1.83 bits per heavy atom. The molecule has 1 atom stereocenters. The minimum absolute atomic E-state index is 0.0168. The largest absolute Gasteiger partial charge is 0.573 e. The molecule has 29 heavy (non-hydrogen) atoms. The third kappa shape index (κ3) is 5.30. The second kappa shape index (κ2) is 7.80. The fraction of sp³-hybridized carbons (Fsp3) is 0.333. The van der Waals surface area contributed by atoms with Crippen molar-refractivity contribution >= 4 is 5.91 Å². The predicted octanol–water partition coefficient (Wildman–Crippen LogP) is 4.29. The topological polar surface area (TPSA) is 51.7 Å². The minimum Gasteiger partial charge on any atom is -0.472 e. The maximum absolute atomic E-state index is 12.8. The van der Waals surface area contributed by atoms with E-state index in [1.807, 2.05) is 0 Å². The number of rotatable bonds is 4. The highest BCUT2D eigenvalue weighted by Gasteiger charge is 2.35. The van der Waals surface area contributed by atoms with Gasteiger partial charge in [0.05, 0.1) is 17.7 Å². The molecular weight excluding hydrogens is 406 g/mol. The van der Waals surface area contributed by atoms with Crippen LogP contribution in [-0.2, 0) is 6.18 Å². The quantitative estimate of drug-likeness (QED) is 0.693. The van der Waals surface area contributed by atoms with Crippen LogP contribution in [0.15, 0.2) is 42.6 Å². The number of hydrogen-bond acceptors (Lipinski definition) is 4. The summed E-state index contributed by atoms with van der Waals surface area (Å²) < 4.78 is 85.2. The van der Waals surface area contributed by atoms with Crippen LogP contribution < -0.4 is 9.47 Å². The van der Waals surface area contributed by atoms with Gasteiger partial charge in [0.2, 0.25) is 5.88 Å². The maximum Gasteiger partial charge on any atom is 0.573 e. The first-order chi connectivity index (χ1) is 13.5. The molecule has 1 aromatic carbocycles. The van der Waals surface area contributed by atoms with Crippen molar-refractivity contribution in [1.29, 1.82) is 0 Å². The number of alkyl halides is 6. The summed E-state index contributed by atoms with van der Waals surface area (Å²) in [5.74, 6) is -1.58. The maximum atomic E-state index is 12.8. The molecule has 0 N–H and O–H groups in total. The standard InChI is InChI=1S/C18H14F6N2O3/c19-17(20,21)11-5-7-25-15(9-11)28-12-6-8-26(10-12)16(27)13-3-1-2-4-14(13)29-18(22,23)24/h1-5,7,9,12H,6,8,10H2. The Kier molecular flexibility index (Phi) is 5.58. The molecule has 0 bridgehead atoms. The molecule has 5 nitrogen and oxygen atoms in total. The van der Waals surface area contributed by atoms with E-state index in [9.17, 15) is 31.1 Å². The van der Waals surface area contributed by atoms with E-state index in [-0.39, 0.29) is 31.0 Å². The van der Waals surface area contributed by atoms with Crippen molar-refractivity contribution in [3.8, 4) is 11.6 Å². The first kappa shape index (κ1) is 20.7. The molecular formula is C18H14F6N2O3. The lowest BCUT2D eigenvalue weighted by atomic mass is 10.2. The van der Waals surface area contributed by atoms with Crippen molar-refractivity contribution in [2.45, 2.75) is 25.1 Å². The molecule has 156 valence electrons. The molecule has 0 spiro atoms. The highest BCUT2D eigenvalue weighted by Crippen LogP contribution is 2.31. The van der Waals surface area contributed by atoms with Crippen molar-refractivity contribution in [2.24, 2.45) is 0 Å². The van der Waals surface area contributed by atoms with E-state index in [0.717, 1.165) is 24.4 Å². The van der Waals surface area contributed by atoms with Gasteiger partial charge in [0, 0.05) is 25.2 Å². The first-order valence-corrected chi connectivity index (χ1v) is 8.37. The van der Waals surface area contributed by atoms with Gasteiger partial charge >= 0.3 is 12.5 Å². The van der Waals surface area contributed by atoms with E-state index < -0.39 is 35.9 Å². The van der Waals surface area contributed by atoms with Crippen molar-refractivity contribution in [3.05, 3.63) is 53.7 Å². The molecule has 2 aromatic rings. The lowest BCUT2D eigenvalue weighted by molar-refractivity contribution is -0.274. The van der Waals surface area contributed by atoms with Gasteiger partial charge in [-0.25, -0.2) is 4.98 Å². The highest BCUT2D eigenvalue weighted by atomic mass is 19.4. The van der Waals surface area contributed by atoms with Crippen LogP contribution in [-0.4, -0.2) is 41.3 Å². The summed E-state index contributed by atoms with van der Waals surface area (Å²) in [6, 6.07) is 6.47. The van der Waals surface area contributed by atoms with Crippen LogP contribution in [0.3, 0.4) is 0 Å². The van der Waals surface area contributed by atoms with Crippen LogP contribution in [0.5, 0.6) is 11.6 Å². The highest BCUT2D eigenvalue weighted by molar-refractivity contribution is 5.97. The normalized spacial score (nSPS) is 17.3. The smallest absolute Gasteiger partial charge is 0.472 e. The number of pyridine rings is 1. The van der Waals surface area contributed by atoms with Gasteiger partial charge in [-0.05, 0) is 18.2 Å². The molecule has 2 heterocycles. The number of ether oxygens (including phenoxy) is 2. The van der Waals surface area contributed by atoms with Crippen LogP contribution in [0.25, 0.3) is 0 Å². The number of carbonyl (C=O) groups is 1. The average Bonchev–Trinajstić information content (AvgIpc) is 3.08. The van der Waals surface area contributed by atoms with Crippen LogP contribution in [0, 0.1) is 0 Å². The van der Waals surface area contributed by atoms with Gasteiger partial charge in [-0.1, -0.05) is 12.1 Å². The van der Waals surface area contributed by atoms with Crippen LogP contribution in [0.1, 0.15) is 22.3 Å². The summed E-state index contributed by atoms with van der Waals surface area (Å²) in [6.45, 7) is 0.139. The summed E-state index contributed by atoms with van der Waals surface area (Å²) in [5, 5.41) is 0. The number of aromatic nitrogens is 1. The molecule has 1 aromatic heterocycles. The Labute approximate surface area is 160 Å². The monoisotopic (exact) mass is 420 g/mol. The van der Waals surface area contributed by atoms with Gasteiger partial charge in [0.1, 0.15) is 11.9 Å². The zero-order chi connectivity index (χ0) is 21.2. The van der Waals surface area contributed by atoms with Gasteiger partial charge in [-0.3, -0.25) is 4.79 Å². The molecule has 11 heteroatoms. The van der Waals surface area contributed by atoms with Gasteiger partial charge in [0.15, 0.2) is 0 Å². The molecule has 0 radical (unpaired) electrons. The number of benzene rings is 1. The van der Waals surface area contributed by atoms with Crippen molar-refractivity contribution in [1.82, 2.24) is 9.88 Å². The average molecular weight is 420 g/mol. The van der Waals surface area contributed by atoms with Gasteiger partial charge in [-0.2, -0.15) is 13.2 Å². The zero-order valence-electron chi connectivity index (χ0n) is 14.6. The number of carbonyl (C=O) groups excluding carboxylic acids is 1. The molecule has 0 aliphatic carbocycles. The summed E-state index contributed by atoms with van der Waals surface area (Å²) in [7, 11) is 0. The Morgan fingerprint density at radius 3 is 2.52 bits per heavy atom. The summed E-state index contributed by atoms with van der Waals surface area (Å²) >= 11 is 0. The van der Waals surface area contributed by atoms with E-state index in [1.54, 1.807) is 0 Å². The van der Waals surface area contributed by atoms with E-state index in [2.05, 4.69) is 9.72 Å². The van der Waals surface area contributed by atoms with Crippen molar-refractivity contribution in [2.75, 3.05) is 13.1 Å². The second-order valence-corrected chi connectivity index (χ2v) is 6.20. The molecule has 3 rings (SSSR count). The SMILES string of the molecule is O=C(c1ccccc1OC(F)(F)F)N1CCC(Oc2cc(C(F)(F)F)ccn2)C1. The van der Waals surface area contributed by atoms with Gasteiger partial charge in [-0.15, -0.1) is 13.2 Å². The van der Waals surface area contributed by atoms with Crippen LogP contribution in [0.2, 0.25) is 0 Å². The Morgan fingerprint density at radius 1 is 1.10 bits per heavy atom. The predicted molar refractivity (Wildman–Crippen MR) is 87.3 cm³/mol. The number of amides is 1. The van der Waals surface area contributed by atoms with Crippen molar-refractivity contribution in [3.63, 3.8) is 0 Å². The number of nitrogens with zero attached hydrogens (tertiary/aromatic N) is 2. The van der Waals surface area contributed by atoms with E-state index >= 15 is 0 Å². The molecule has 1 aliphatic heterocycles. The Hall–Kier alpha value is -2.98. The fourth-order valence-corrected chi connectivity index (χ4v) is 2.86. The summed E-state index contributed by atoms with van der Waals surface area (Å²) in [5.41, 5.74) is -1.20. The van der Waals surface area contributed by atoms with E-state index in [4.69, 9.17) is 4.74 Å². The molecule has 1 unspecified atom stereocenters. The third-order valence-corrected chi connectivity index (χ3v) is 4.12. The second-order valence-electron chi connectivity index (χ2n) is 6.20. The van der Waals surface area contributed by atoms with Crippen LogP contribution in [0.4, 0.5) is 26.3 Å². The summed E-state index contributed by atoms with van der Waals surface area (Å²) in [4.78, 5) is 17.6. The first-order valence-electron chi connectivity index (χ1n) is 8.37. The van der Waals surface area contributed by atoms with E-state index in [1.165, 1.54) is 23.1 Å².